The molecule has 0 saturated carbocycles. The average molecular weight is 523 g/mol. The molecule has 0 bridgehead atoms. The molecule has 0 unspecified atom stereocenters. The first-order valence-electron chi connectivity index (χ1n) is 13.5. The van der Waals surface area contributed by atoms with Gasteiger partial charge in [-0.1, -0.05) is 84.9 Å². The lowest BCUT2D eigenvalue weighted by Gasteiger charge is -2.21. The minimum atomic E-state index is -0.123. The van der Waals surface area contributed by atoms with Gasteiger partial charge in [-0.05, 0) is 45.8 Å². The van der Waals surface area contributed by atoms with Gasteiger partial charge in [-0.25, -0.2) is 0 Å². The number of aliphatic imine (C=N–C) groups is 2. The van der Waals surface area contributed by atoms with Gasteiger partial charge in [0.1, 0.15) is 11.7 Å². The monoisotopic (exact) mass is 522 g/mol. The molecule has 2 aliphatic rings. The van der Waals surface area contributed by atoms with E-state index in [1.54, 1.807) is 34.1 Å². The summed E-state index contributed by atoms with van der Waals surface area (Å²) in [6.07, 6.45) is 0. The summed E-state index contributed by atoms with van der Waals surface area (Å²) in [5.74, 6) is 1.13. The van der Waals surface area contributed by atoms with Crippen LogP contribution in [-0.4, -0.2) is 59.5 Å². The third-order valence-electron chi connectivity index (χ3n) is 7.61. The van der Waals surface area contributed by atoms with E-state index < -0.39 is 0 Å². The fourth-order valence-corrected chi connectivity index (χ4v) is 5.66. The molecule has 0 saturated heterocycles. The summed E-state index contributed by atoms with van der Waals surface area (Å²) in [5, 5.41) is 4.36. The zero-order valence-corrected chi connectivity index (χ0v) is 21.8. The van der Waals surface area contributed by atoms with Crippen molar-refractivity contribution in [2.24, 2.45) is 9.98 Å². The molecule has 5 aromatic rings. The Labute approximate surface area is 231 Å². The molecule has 194 valence electrons. The Balaban J connectivity index is 1.13. The van der Waals surface area contributed by atoms with Crippen LogP contribution >= 0.6 is 0 Å². The molecule has 0 N–H and O–H groups in total. The first kappa shape index (κ1) is 24.0. The highest BCUT2D eigenvalue weighted by Crippen LogP contribution is 2.25. The molecule has 5 aromatic carbocycles. The summed E-state index contributed by atoms with van der Waals surface area (Å²) in [7, 11) is 0. The first-order chi connectivity index (χ1) is 19.7. The summed E-state index contributed by atoms with van der Waals surface area (Å²) < 4.78 is 0. The van der Waals surface area contributed by atoms with Gasteiger partial charge in [-0.15, -0.1) is 0 Å². The molecule has 2 heterocycles. The van der Waals surface area contributed by atoms with Crippen molar-refractivity contribution in [3.05, 3.63) is 131 Å². The van der Waals surface area contributed by atoms with Gasteiger partial charge in [-0.3, -0.25) is 29.4 Å². The smallest absolute Gasteiger partial charge is 0.259 e. The highest BCUT2D eigenvalue weighted by molar-refractivity contribution is 6.19. The molecule has 2 amide bonds. The Morgan fingerprint density at radius 2 is 0.900 bits per heavy atom. The maximum absolute atomic E-state index is 13.6. The number of amides is 2. The Morgan fingerprint density at radius 1 is 0.500 bits per heavy atom. The number of rotatable bonds is 4. The molecule has 0 spiro atoms. The third-order valence-corrected chi connectivity index (χ3v) is 7.61. The molecule has 0 aliphatic carbocycles. The van der Waals surface area contributed by atoms with Crippen molar-refractivity contribution in [3.63, 3.8) is 0 Å². The van der Waals surface area contributed by atoms with E-state index in [0.717, 1.165) is 32.7 Å². The number of nitrogens with zero attached hydrogens (tertiary/aromatic N) is 4. The van der Waals surface area contributed by atoms with Gasteiger partial charge in [0.15, 0.2) is 0 Å². The minimum absolute atomic E-state index is 0.123. The van der Waals surface area contributed by atoms with Crippen LogP contribution in [0.25, 0.3) is 21.5 Å². The maximum Gasteiger partial charge on any atom is 0.259 e. The zero-order chi connectivity index (χ0) is 27.1. The van der Waals surface area contributed by atoms with E-state index in [1.807, 2.05) is 48.5 Å². The van der Waals surface area contributed by atoms with Crippen molar-refractivity contribution < 1.29 is 9.59 Å². The first-order valence-corrected chi connectivity index (χ1v) is 13.5. The van der Waals surface area contributed by atoms with Crippen LogP contribution in [0.4, 0.5) is 0 Å². The Kier molecular flexibility index (Phi) is 5.93. The van der Waals surface area contributed by atoms with Crippen LogP contribution in [0.15, 0.2) is 119 Å². The molecule has 2 aliphatic heterocycles. The van der Waals surface area contributed by atoms with Gasteiger partial charge in [-0.2, -0.15) is 0 Å². The lowest BCUT2D eigenvalue weighted by Crippen LogP contribution is -2.36. The SMILES string of the molecule is O=C(c1ccc(C(=O)N2CCN=C2c2cccc3ccccc23)cc1)N1CCN=C1c1cccc2ccccc12. The predicted octanol–water partition coefficient (Wildman–Crippen LogP) is 5.80. The zero-order valence-electron chi connectivity index (χ0n) is 21.8. The number of benzene rings is 5. The highest BCUT2D eigenvalue weighted by atomic mass is 16.2. The van der Waals surface area contributed by atoms with Crippen molar-refractivity contribution in [2.75, 3.05) is 26.2 Å². The van der Waals surface area contributed by atoms with Crippen molar-refractivity contribution in [2.45, 2.75) is 0 Å². The Hall–Kier alpha value is -5.10. The lowest BCUT2D eigenvalue weighted by molar-refractivity contribution is 0.0846. The van der Waals surface area contributed by atoms with E-state index in [9.17, 15) is 9.59 Å². The summed E-state index contributed by atoms with van der Waals surface area (Å²) in [5.41, 5.74) is 2.95. The highest BCUT2D eigenvalue weighted by Gasteiger charge is 2.29. The van der Waals surface area contributed by atoms with Crippen molar-refractivity contribution in [1.82, 2.24) is 9.80 Å². The normalized spacial score (nSPS) is 15.0. The number of carbonyl (C=O) groups excluding carboxylic acids is 2. The van der Waals surface area contributed by atoms with Gasteiger partial charge >= 0.3 is 0 Å². The van der Waals surface area contributed by atoms with Crippen LogP contribution in [0.3, 0.4) is 0 Å². The quantitative estimate of drug-likeness (QED) is 0.300. The molecular weight excluding hydrogens is 496 g/mol. The van der Waals surface area contributed by atoms with Crippen LogP contribution < -0.4 is 0 Å². The van der Waals surface area contributed by atoms with Crippen LogP contribution in [0.1, 0.15) is 31.8 Å². The van der Waals surface area contributed by atoms with E-state index >= 15 is 0 Å². The molecule has 0 radical (unpaired) electrons. The van der Waals surface area contributed by atoms with Crippen molar-refractivity contribution in [3.8, 4) is 0 Å². The van der Waals surface area contributed by atoms with E-state index in [-0.39, 0.29) is 11.8 Å². The fourth-order valence-electron chi connectivity index (χ4n) is 5.66. The predicted molar refractivity (Wildman–Crippen MR) is 159 cm³/mol. The second-order valence-corrected chi connectivity index (χ2v) is 9.96. The average Bonchev–Trinajstić information content (AvgIpc) is 3.70. The molecule has 0 atom stereocenters. The lowest BCUT2D eigenvalue weighted by atomic mass is 10.0. The summed E-state index contributed by atoms with van der Waals surface area (Å²) in [6.45, 7) is 2.17. The van der Waals surface area contributed by atoms with Gasteiger partial charge in [0, 0.05) is 35.3 Å². The number of hydrogen-bond donors (Lipinski definition) is 0. The Morgan fingerprint density at radius 3 is 1.35 bits per heavy atom. The van der Waals surface area contributed by atoms with Crippen molar-refractivity contribution >= 4 is 45.0 Å². The molecule has 0 fully saturated rings. The second-order valence-electron chi connectivity index (χ2n) is 9.96. The summed E-state index contributed by atoms with van der Waals surface area (Å²) >= 11 is 0. The molecule has 7 rings (SSSR count). The van der Waals surface area contributed by atoms with Crippen LogP contribution in [0.2, 0.25) is 0 Å². The Bertz CT molecular complexity index is 1710. The van der Waals surface area contributed by atoms with E-state index in [0.29, 0.717) is 49.0 Å². The van der Waals surface area contributed by atoms with Gasteiger partial charge < -0.3 is 0 Å². The van der Waals surface area contributed by atoms with Gasteiger partial charge in [0.25, 0.3) is 11.8 Å². The topological polar surface area (TPSA) is 65.3 Å². The van der Waals surface area contributed by atoms with Gasteiger partial charge in [0.2, 0.25) is 0 Å². The van der Waals surface area contributed by atoms with E-state index in [4.69, 9.17) is 0 Å². The van der Waals surface area contributed by atoms with Crippen LogP contribution in [-0.2, 0) is 0 Å². The molecular formula is C34H26N4O2. The summed E-state index contributed by atoms with van der Waals surface area (Å²) in [4.78, 5) is 40.1. The standard InChI is InChI=1S/C34H26N4O2/c39-33(37-21-19-35-31(37)29-13-5-9-23-7-1-3-11-27(23)29)25-15-17-26(18-16-25)34(40)38-22-20-36-32(38)30-14-6-10-24-8-2-4-12-28(24)30/h1-18H,19-22H2. The maximum atomic E-state index is 13.6. The second kappa shape index (κ2) is 9.89. The molecule has 6 heteroatoms. The number of hydrogen-bond acceptors (Lipinski definition) is 4. The van der Waals surface area contributed by atoms with Gasteiger partial charge in [0.05, 0.1) is 13.1 Å². The number of carbonyl (C=O) groups is 2. The van der Waals surface area contributed by atoms with Crippen LogP contribution in [0, 0.1) is 0 Å². The third kappa shape index (κ3) is 4.05. The van der Waals surface area contributed by atoms with E-state index in [2.05, 4.69) is 46.4 Å². The fraction of sp³-hybridized carbons (Fsp3) is 0.118. The van der Waals surface area contributed by atoms with E-state index in [1.165, 1.54) is 0 Å². The summed E-state index contributed by atoms with van der Waals surface area (Å²) in [6, 6.07) is 35.3. The molecule has 40 heavy (non-hydrogen) atoms. The number of fused-ring (bicyclic) bond motifs is 2. The number of amidine groups is 2. The van der Waals surface area contributed by atoms with Crippen LogP contribution in [0.5, 0.6) is 0 Å². The van der Waals surface area contributed by atoms with Crippen molar-refractivity contribution in [1.29, 1.82) is 0 Å². The minimum Gasteiger partial charge on any atom is -0.291 e. The molecule has 0 aromatic heterocycles. The molecule has 6 nitrogen and oxygen atoms in total. The largest absolute Gasteiger partial charge is 0.291 e.